The summed E-state index contributed by atoms with van der Waals surface area (Å²) in [5.41, 5.74) is -1.09. The van der Waals surface area contributed by atoms with E-state index in [1.54, 1.807) is 0 Å². The van der Waals surface area contributed by atoms with E-state index in [2.05, 4.69) is 10.6 Å². The SMILES string of the molecule is COC(=O)C1C2NC(=O)NC1(C)Oc1c(F)cc(Cl)cc12. The van der Waals surface area contributed by atoms with Crippen molar-refractivity contribution < 1.29 is 23.5 Å². The largest absolute Gasteiger partial charge is 0.469 e. The van der Waals surface area contributed by atoms with Gasteiger partial charge in [-0.2, -0.15) is 0 Å². The minimum atomic E-state index is -1.40. The molecule has 1 fully saturated rings. The van der Waals surface area contributed by atoms with Crippen LogP contribution in [0.3, 0.4) is 0 Å². The Morgan fingerprint density at radius 1 is 1.52 bits per heavy atom. The van der Waals surface area contributed by atoms with Crippen molar-refractivity contribution >= 4 is 23.6 Å². The number of urea groups is 1. The molecule has 1 aromatic rings. The second-order valence-electron chi connectivity index (χ2n) is 5.09. The van der Waals surface area contributed by atoms with Crippen molar-refractivity contribution in [3.05, 3.63) is 28.5 Å². The van der Waals surface area contributed by atoms with E-state index in [1.807, 2.05) is 0 Å². The summed E-state index contributed by atoms with van der Waals surface area (Å²) in [6, 6.07) is 1.27. The third-order valence-electron chi connectivity index (χ3n) is 3.72. The number of hydrogen-bond donors (Lipinski definition) is 2. The number of nitrogens with one attached hydrogen (secondary N) is 2. The van der Waals surface area contributed by atoms with Gasteiger partial charge in [-0.1, -0.05) is 11.6 Å². The number of benzene rings is 1. The number of methoxy groups -OCH3 is 1. The molecular weight excluding hydrogens is 303 g/mol. The second-order valence-corrected chi connectivity index (χ2v) is 5.53. The first-order valence-corrected chi connectivity index (χ1v) is 6.58. The second kappa shape index (κ2) is 4.49. The summed E-state index contributed by atoms with van der Waals surface area (Å²) in [6.45, 7) is 1.50. The molecule has 0 saturated carbocycles. The standard InChI is InChI=1S/C13H12ClFN2O4/c1-13-8(11(18)20-2)9(16-12(19)17-13)6-3-5(14)4-7(15)10(6)21-13/h3-4,8-9H,1-2H3,(H2,16,17,19). The number of amides is 2. The summed E-state index contributed by atoms with van der Waals surface area (Å²) in [5.74, 6) is -2.15. The van der Waals surface area contributed by atoms with Gasteiger partial charge in [-0.25, -0.2) is 9.18 Å². The third-order valence-corrected chi connectivity index (χ3v) is 3.93. The maximum absolute atomic E-state index is 14.1. The van der Waals surface area contributed by atoms with Crippen molar-refractivity contribution in [2.75, 3.05) is 7.11 Å². The van der Waals surface area contributed by atoms with E-state index in [0.717, 1.165) is 6.07 Å². The number of halogens is 2. The predicted molar refractivity (Wildman–Crippen MR) is 70.4 cm³/mol. The molecule has 0 radical (unpaired) electrons. The molecule has 1 aromatic carbocycles. The Kier molecular flexibility index (Phi) is 2.98. The van der Waals surface area contributed by atoms with Crippen LogP contribution >= 0.6 is 11.6 Å². The number of rotatable bonds is 1. The van der Waals surface area contributed by atoms with Gasteiger partial charge in [0.25, 0.3) is 0 Å². The Morgan fingerprint density at radius 3 is 2.90 bits per heavy atom. The molecule has 3 atom stereocenters. The normalized spacial score (nSPS) is 29.6. The van der Waals surface area contributed by atoms with Gasteiger partial charge in [-0.3, -0.25) is 10.1 Å². The van der Waals surface area contributed by atoms with Crippen LogP contribution in [0.4, 0.5) is 9.18 Å². The highest BCUT2D eigenvalue weighted by molar-refractivity contribution is 6.30. The van der Waals surface area contributed by atoms with Crippen LogP contribution in [0.25, 0.3) is 0 Å². The van der Waals surface area contributed by atoms with Crippen LogP contribution in [0.1, 0.15) is 18.5 Å². The molecule has 8 heteroatoms. The zero-order chi connectivity index (χ0) is 15.4. The predicted octanol–water partition coefficient (Wildman–Crippen LogP) is 1.73. The van der Waals surface area contributed by atoms with Gasteiger partial charge in [-0.15, -0.1) is 0 Å². The highest BCUT2D eigenvalue weighted by atomic mass is 35.5. The number of esters is 1. The van der Waals surface area contributed by atoms with Gasteiger partial charge in [-0.05, 0) is 19.1 Å². The molecule has 1 saturated heterocycles. The Balaban J connectivity index is 2.20. The molecule has 2 aliphatic heterocycles. The Morgan fingerprint density at radius 2 is 2.24 bits per heavy atom. The molecule has 2 amide bonds. The summed E-state index contributed by atoms with van der Waals surface area (Å²) in [5, 5.41) is 5.24. The van der Waals surface area contributed by atoms with Crippen molar-refractivity contribution in [3.63, 3.8) is 0 Å². The van der Waals surface area contributed by atoms with Crippen LogP contribution in [0.15, 0.2) is 12.1 Å². The molecule has 0 aromatic heterocycles. The lowest BCUT2D eigenvalue weighted by molar-refractivity contribution is -0.160. The van der Waals surface area contributed by atoms with Crippen LogP contribution < -0.4 is 15.4 Å². The summed E-state index contributed by atoms with van der Waals surface area (Å²) in [4.78, 5) is 23.8. The van der Waals surface area contributed by atoms with Crippen molar-refractivity contribution in [1.29, 1.82) is 0 Å². The van der Waals surface area contributed by atoms with E-state index < -0.39 is 35.5 Å². The van der Waals surface area contributed by atoms with Crippen molar-refractivity contribution in [3.8, 4) is 5.75 Å². The van der Waals surface area contributed by atoms with E-state index in [0.29, 0.717) is 5.56 Å². The topological polar surface area (TPSA) is 76.7 Å². The smallest absolute Gasteiger partial charge is 0.318 e. The van der Waals surface area contributed by atoms with E-state index in [1.165, 1.54) is 20.1 Å². The zero-order valence-corrected chi connectivity index (χ0v) is 12.0. The van der Waals surface area contributed by atoms with E-state index in [-0.39, 0.29) is 10.8 Å². The molecule has 3 rings (SSSR count). The fraction of sp³-hybridized carbons (Fsp3) is 0.385. The maximum atomic E-state index is 14.1. The summed E-state index contributed by atoms with van der Waals surface area (Å²) in [7, 11) is 1.23. The Bertz CT molecular complexity index is 653. The minimum absolute atomic E-state index is 0.0421. The Labute approximate surface area is 124 Å². The van der Waals surface area contributed by atoms with Crippen LogP contribution in [-0.4, -0.2) is 24.8 Å². The monoisotopic (exact) mass is 314 g/mol. The average molecular weight is 315 g/mol. The first kappa shape index (κ1) is 13.9. The lowest BCUT2D eigenvalue weighted by Gasteiger charge is -2.48. The summed E-state index contributed by atoms with van der Waals surface area (Å²) < 4.78 is 24.4. The van der Waals surface area contributed by atoms with Gasteiger partial charge >= 0.3 is 12.0 Å². The van der Waals surface area contributed by atoms with Gasteiger partial charge in [0, 0.05) is 10.6 Å². The number of ether oxygens (including phenoxy) is 2. The lowest BCUT2D eigenvalue weighted by atomic mass is 9.80. The molecule has 21 heavy (non-hydrogen) atoms. The molecule has 2 heterocycles. The molecule has 6 nitrogen and oxygen atoms in total. The number of fused-ring (bicyclic) bond motifs is 4. The molecule has 3 unspecified atom stereocenters. The van der Waals surface area contributed by atoms with Gasteiger partial charge in [0.05, 0.1) is 13.2 Å². The number of hydrogen-bond acceptors (Lipinski definition) is 4. The van der Waals surface area contributed by atoms with E-state index >= 15 is 0 Å². The zero-order valence-electron chi connectivity index (χ0n) is 11.2. The molecular formula is C13H12ClFN2O4. The van der Waals surface area contributed by atoms with Gasteiger partial charge < -0.3 is 14.8 Å². The molecule has 2 bridgehead atoms. The summed E-state index contributed by atoms with van der Waals surface area (Å²) >= 11 is 5.85. The van der Waals surface area contributed by atoms with Crippen LogP contribution in [0.2, 0.25) is 5.02 Å². The van der Waals surface area contributed by atoms with Crippen LogP contribution in [-0.2, 0) is 9.53 Å². The minimum Gasteiger partial charge on any atom is -0.469 e. The van der Waals surface area contributed by atoms with Crippen molar-refractivity contribution in [2.45, 2.75) is 18.7 Å². The number of carbonyl (C=O) groups is 2. The molecule has 2 aliphatic rings. The van der Waals surface area contributed by atoms with Crippen LogP contribution in [0, 0.1) is 11.7 Å². The molecule has 2 N–H and O–H groups in total. The first-order valence-electron chi connectivity index (χ1n) is 6.20. The van der Waals surface area contributed by atoms with Gasteiger partial charge in [0.1, 0.15) is 5.92 Å². The molecule has 0 spiro atoms. The average Bonchev–Trinajstić information content (AvgIpc) is 2.38. The van der Waals surface area contributed by atoms with Gasteiger partial charge in [0.2, 0.25) is 0 Å². The quantitative estimate of drug-likeness (QED) is 0.774. The number of carbonyl (C=O) groups excluding carboxylic acids is 2. The fourth-order valence-corrected chi connectivity index (χ4v) is 3.06. The highest BCUT2D eigenvalue weighted by Gasteiger charge is 2.57. The maximum Gasteiger partial charge on any atom is 0.318 e. The van der Waals surface area contributed by atoms with Gasteiger partial charge in [0.15, 0.2) is 17.3 Å². The highest BCUT2D eigenvalue weighted by Crippen LogP contribution is 2.47. The van der Waals surface area contributed by atoms with E-state index in [9.17, 15) is 14.0 Å². The summed E-state index contributed by atoms with van der Waals surface area (Å²) in [6.07, 6.45) is 0. The first-order chi connectivity index (χ1) is 9.85. The third kappa shape index (κ3) is 1.99. The fourth-order valence-electron chi connectivity index (χ4n) is 2.85. The molecule has 112 valence electrons. The van der Waals surface area contributed by atoms with E-state index in [4.69, 9.17) is 21.1 Å². The lowest BCUT2D eigenvalue weighted by Crippen LogP contribution is -2.70. The molecule has 0 aliphatic carbocycles. The van der Waals surface area contributed by atoms with Crippen molar-refractivity contribution in [2.24, 2.45) is 5.92 Å². The van der Waals surface area contributed by atoms with Crippen LogP contribution in [0.5, 0.6) is 5.75 Å². The van der Waals surface area contributed by atoms with Crippen molar-refractivity contribution in [1.82, 2.24) is 10.6 Å². The Hall–Kier alpha value is -2.02.